The number of nitrogens with zero attached hydrogens (tertiary/aromatic N) is 3. The van der Waals surface area contributed by atoms with E-state index < -0.39 is 0 Å². The van der Waals surface area contributed by atoms with Gasteiger partial charge in [0.1, 0.15) is 16.8 Å². The number of rotatable bonds is 0. The van der Waals surface area contributed by atoms with Crippen LogP contribution < -0.4 is 0 Å². The summed E-state index contributed by atoms with van der Waals surface area (Å²) in [5, 5.41) is 7.52. The molecular weight excluding hydrogens is 386 g/mol. The fourth-order valence-corrected chi connectivity index (χ4v) is 5.06. The number of aromatic nitrogens is 3. The Morgan fingerprint density at radius 1 is 0.645 bits per heavy atom. The Balaban J connectivity index is 1.68. The van der Waals surface area contributed by atoms with Crippen molar-refractivity contribution < 1.29 is 8.83 Å². The average molecular weight is 399 g/mol. The minimum absolute atomic E-state index is 0.777. The van der Waals surface area contributed by atoms with Crippen LogP contribution in [0.25, 0.3) is 71.2 Å². The first-order chi connectivity index (χ1) is 15.4. The van der Waals surface area contributed by atoms with Crippen LogP contribution in [0.5, 0.6) is 0 Å². The van der Waals surface area contributed by atoms with Crippen LogP contribution in [0, 0.1) is 0 Å². The normalized spacial score (nSPS) is 12.5. The average Bonchev–Trinajstić information content (AvgIpc) is 3.53. The van der Waals surface area contributed by atoms with E-state index in [0.29, 0.717) is 0 Å². The predicted molar refractivity (Wildman–Crippen MR) is 123 cm³/mol. The van der Waals surface area contributed by atoms with E-state index in [0.717, 1.165) is 71.2 Å². The Bertz CT molecular complexity index is 2010. The van der Waals surface area contributed by atoms with Crippen LogP contribution in [0.1, 0.15) is 0 Å². The molecule has 0 aliphatic heterocycles. The third-order valence-corrected chi connectivity index (χ3v) is 6.36. The highest BCUT2D eigenvalue weighted by molar-refractivity contribution is 6.30. The largest absolute Gasteiger partial charge is 0.452 e. The molecule has 8 rings (SSSR count). The Morgan fingerprint density at radius 2 is 1.52 bits per heavy atom. The van der Waals surface area contributed by atoms with E-state index in [9.17, 15) is 0 Å². The lowest BCUT2D eigenvalue weighted by molar-refractivity contribution is 0.633. The second-order valence-corrected chi connectivity index (χ2v) is 7.89. The van der Waals surface area contributed by atoms with Gasteiger partial charge in [0.2, 0.25) is 0 Å². The van der Waals surface area contributed by atoms with E-state index in [4.69, 9.17) is 8.83 Å². The van der Waals surface area contributed by atoms with Gasteiger partial charge >= 0.3 is 0 Å². The third-order valence-electron chi connectivity index (χ3n) is 6.36. The molecule has 0 amide bonds. The van der Waals surface area contributed by atoms with E-state index in [2.05, 4.69) is 38.6 Å². The summed E-state index contributed by atoms with van der Waals surface area (Å²) >= 11 is 0. The summed E-state index contributed by atoms with van der Waals surface area (Å²) < 4.78 is 14.8. The Morgan fingerprint density at radius 3 is 2.52 bits per heavy atom. The van der Waals surface area contributed by atoms with Crippen LogP contribution in [-0.2, 0) is 0 Å². The minimum Gasteiger partial charge on any atom is -0.452 e. The predicted octanol–water partition coefficient (Wildman–Crippen LogP) is 6.83. The van der Waals surface area contributed by atoms with Crippen LogP contribution in [0.4, 0.5) is 0 Å². The molecule has 0 atom stereocenters. The van der Waals surface area contributed by atoms with Crippen LogP contribution in [0.2, 0.25) is 0 Å². The number of hydrogen-bond donors (Lipinski definition) is 0. The van der Waals surface area contributed by atoms with Gasteiger partial charge < -0.3 is 8.83 Å². The van der Waals surface area contributed by atoms with Crippen molar-refractivity contribution in [3.63, 3.8) is 0 Å². The van der Waals surface area contributed by atoms with Crippen molar-refractivity contribution in [1.82, 2.24) is 14.4 Å². The quantitative estimate of drug-likeness (QED) is 0.262. The standard InChI is InChI=1S/C26H13N3O2/c1-2-4-20-14(3-1)15-5-6-17-23-21(31-25(17)24(15)30-20)8-7-19-22(23)18-13-27-10-9-16(18)26-28-11-12-29(19)26/h1-13H. The molecule has 144 valence electrons. The summed E-state index contributed by atoms with van der Waals surface area (Å²) in [4.78, 5) is 9.01. The molecule has 5 aromatic heterocycles. The topological polar surface area (TPSA) is 56.5 Å². The van der Waals surface area contributed by atoms with Crippen molar-refractivity contribution in [1.29, 1.82) is 0 Å². The zero-order chi connectivity index (χ0) is 20.1. The number of para-hydroxylation sites is 1. The number of fused-ring (bicyclic) bond motifs is 14. The fraction of sp³-hybridized carbons (Fsp3) is 0. The van der Waals surface area contributed by atoms with Crippen molar-refractivity contribution in [2.45, 2.75) is 0 Å². The maximum absolute atomic E-state index is 6.41. The summed E-state index contributed by atoms with van der Waals surface area (Å²) in [5.74, 6) is 0. The van der Waals surface area contributed by atoms with Crippen molar-refractivity contribution in [3.8, 4) is 0 Å². The van der Waals surface area contributed by atoms with Crippen LogP contribution >= 0.6 is 0 Å². The zero-order valence-electron chi connectivity index (χ0n) is 16.2. The van der Waals surface area contributed by atoms with E-state index >= 15 is 0 Å². The molecule has 0 spiro atoms. The lowest BCUT2D eigenvalue weighted by Crippen LogP contribution is -1.91. The van der Waals surface area contributed by atoms with Gasteiger partial charge in [0.05, 0.1) is 5.52 Å². The van der Waals surface area contributed by atoms with Gasteiger partial charge in [-0.3, -0.25) is 9.38 Å². The molecule has 0 saturated heterocycles. The van der Waals surface area contributed by atoms with Gasteiger partial charge in [-0.05, 0) is 36.4 Å². The molecule has 0 unspecified atom stereocenters. The first-order valence-corrected chi connectivity index (χ1v) is 10.2. The van der Waals surface area contributed by atoms with Crippen LogP contribution in [0.3, 0.4) is 0 Å². The molecular formula is C26H13N3O2. The molecule has 3 aromatic carbocycles. The Labute approximate surface area is 174 Å². The number of imidazole rings is 1. The van der Waals surface area contributed by atoms with Gasteiger partial charge in [0, 0.05) is 62.5 Å². The van der Waals surface area contributed by atoms with Gasteiger partial charge in [-0.25, -0.2) is 4.98 Å². The highest BCUT2D eigenvalue weighted by Crippen LogP contribution is 2.42. The minimum atomic E-state index is 0.777. The van der Waals surface area contributed by atoms with Crippen molar-refractivity contribution in [2.24, 2.45) is 0 Å². The van der Waals surface area contributed by atoms with Gasteiger partial charge in [0.25, 0.3) is 0 Å². The van der Waals surface area contributed by atoms with Crippen molar-refractivity contribution in [2.75, 3.05) is 0 Å². The molecule has 31 heavy (non-hydrogen) atoms. The molecule has 0 N–H and O–H groups in total. The summed E-state index contributed by atoms with van der Waals surface area (Å²) in [5.41, 5.74) is 5.27. The zero-order valence-corrected chi connectivity index (χ0v) is 16.2. The Hall–Kier alpha value is -4.38. The maximum Gasteiger partial charge on any atom is 0.178 e. The molecule has 5 heteroatoms. The van der Waals surface area contributed by atoms with Gasteiger partial charge in [-0.2, -0.15) is 0 Å². The molecule has 0 bridgehead atoms. The van der Waals surface area contributed by atoms with Crippen LogP contribution in [-0.4, -0.2) is 14.4 Å². The molecule has 0 saturated carbocycles. The smallest absolute Gasteiger partial charge is 0.178 e. The van der Waals surface area contributed by atoms with Crippen molar-refractivity contribution in [3.05, 3.63) is 79.4 Å². The lowest BCUT2D eigenvalue weighted by Gasteiger charge is -2.08. The van der Waals surface area contributed by atoms with E-state index in [1.165, 1.54) is 0 Å². The highest BCUT2D eigenvalue weighted by atomic mass is 16.4. The number of pyridine rings is 2. The fourth-order valence-electron chi connectivity index (χ4n) is 5.06. The molecule has 5 heterocycles. The third kappa shape index (κ3) is 1.78. The van der Waals surface area contributed by atoms with E-state index in [-0.39, 0.29) is 0 Å². The maximum atomic E-state index is 6.41. The Kier molecular flexibility index (Phi) is 2.60. The summed E-state index contributed by atoms with van der Waals surface area (Å²) in [6.45, 7) is 0. The number of furan rings is 2. The highest BCUT2D eigenvalue weighted by Gasteiger charge is 2.20. The first-order valence-electron chi connectivity index (χ1n) is 10.2. The van der Waals surface area contributed by atoms with Crippen molar-refractivity contribution >= 4 is 71.2 Å². The molecule has 8 aromatic rings. The molecule has 5 nitrogen and oxygen atoms in total. The number of benzene rings is 3. The summed E-state index contributed by atoms with van der Waals surface area (Å²) in [6, 6.07) is 18.5. The number of hydrogen-bond acceptors (Lipinski definition) is 4. The molecule has 0 aliphatic carbocycles. The summed E-state index contributed by atoms with van der Waals surface area (Å²) in [6.07, 6.45) is 7.58. The molecule has 0 radical (unpaired) electrons. The second kappa shape index (κ2) is 5.21. The monoisotopic (exact) mass is 399 g/mol. The molecule has 0 aliphatic rings. The van der Waals surface area contributed by atoms with Gasteiger partial charge in [0.15, 0.2) is 11.2 Å². The summed E-state index contributed by atoms with van der Waals surface area (Å²) in [7, 11) is 0. The van der Waals surface area contributed by atoms with Gasteiger partial charge in [-0.15, -0.1) is 0 Å². The van der Waals surface area contributed by atoms with E-state index in [1.54, 1.807) is 0 Å². The molecule has 0 fully saturated rings. The van der Waals surface area contributed by atoms with Gasteiger partial charge in [-0.1, -0.05) is 18.2 Å². The lowest BCUT2D eigenvalue weighted by atomic mass is 10.0. The van der Waals surface area contributed by atoms with E-state index in [1.807, 2.05) is 55.1 Å². The SMILES string of the molecule is c1ccc2c(c1)oc1c2ccc2c1oc1ccc3c(c4cnccc4c4nccn34)c12. The first kappa shape index (κ1) is 15.5. The second-order valence-electron chi connectivity index (χ2n) is 7.89. The van der Waals surface area contributed by atoms with Crippen LogP contribution in [0.15, 0.2) is 88.2 Å².